The largest absolute Gasteiger partial charge is 0.383 e. The van der Waals surface area contributed by atoms with E-state index in [1.807, 2.05) is 12.1 Å². The van der Waals surface area contributed by atoms with E-state index < -0.39 is 17.3 Å². The first-order chi connectivity index (χ1) is 14.4. The molecule has 148 valence electrons. The predicted octanol–water partition coefficient (Wildman–Crippen LogP) is 2.92. The van der Waals surface area contributed by atoms with Crippen LogP contribution in [0.3, 0.4) is 0 Å². The maximum absolute atomic E-state index is 14.8. The van der Waals surface area contributed by atoms with Gasteiger partial charge >= 0.3 is 0 Å². The molecule has 1 aliphatic rings. The Kier molecular flexibility index (Phi) is 4.72. The summed E-state index contributed by atoms with van der Waals surface area (Å²) in [6.45, 7) is 1.78. The zero-order valence-corrected chi connectivity index (χ0v) is 16.1. The fourth-order valence-electron chi connectivity index (χ4n) is 3.46. The van der Waals surface area contributed by atoms with Gasteiger partial charge < -0.3 is 11.1 Å². The molecule has 0 spiro atoms. The summed E-state index contributed by atoms with van der Waals surface area (Å²) in [5, 5.41) is 11.5. The molecule has 0 saturated carbocycles. The minimum absolute atomic E-state index is 0.143. The van der Waals surface area contributed by atoms with Crippen LogP contribution in [0, 0.1) is 17.1 Å². The van der Waals surface area contributed by atoms with Gasteiger partial charge in [-0.1, -0.05) is 0 Å². The number of fused-ring (bicyclic) bond motifs is 1. The van der Waals surface area contributed by atoms with Crippen LogP contribution in [0.4, 0.5) is 10.1 Å². The van der Waals surface area contributed by atoms with Crippen molar-refractivity contribution in [2.45, 2.75) is 18.9 Å². The van der Waals surface area contributed by atoms with Crippen molar-refractivity contribution < 1.29 is 9.18 Å². The van der Waals surface area contributed by atoms with Crippen LogP contribution in [0.15, 0.2) is 59.9 Å². The Bertz CT molecular complexity index is 1220. The lowest BCUT2D eigenvalue weighted by atomic mass is 9.83. The minimum atomic E-state index is -0.969. The highest BCUT2D eigenvalue weighted by atomic mass is 19.1. The molecule has 1 amide bonds. The van der Waals surface area contributed by atoms with Crippen LogP contribution in [0.1, 0.15) is 39.8 Å². The number of nitrogens with one attached hydrogen (secondary N) is 1. The zero-order chi connectivity index (χ0) is 21.3. The fraction of sp³-hybridized carbons (Fsp3) is 0.136. The van der Waals surface area contributed by atoms with Gasteiger partial charge in [0.1, 0.15) is 23.4 Å². The number of nitriles is 1. The van der Waals surface area contributed by atoms with Gasteiger partial charge in [0.05, 0.1) is 16.8 Å². The van der Waals surface area contributed by atoms with Gasteiger partial charge in [0.2, 0.25) is 0 Å². The Morgan fingerprint density at radius 3 is 2.83 bits per heavy atom. The number of halogens is 1. The van der Waals surface area contributed by atoms with Gasteiger partial charge in [0, 0.05) is 35.6 Å². The Labute approximate surface area is 172 Å². The average molecular weight is 400 g/mol. The lowest BCUT2D eigenvalue weighted by Crippen LogP contribution is -2.34. The summed E-state index contributed by atoms with van der Waals surface area (Å²) in [7, 11) is 0. The van der Waals surface area contributed by atoms with E-state index in [4.69, 9.17) is 11.0 Å². The van der Waals surface area contributed by atoms with Gasteiger partial charge in [-0.15, -0.1) is 0 Å². The van der Waals surface area contributed by atoms with Crippen LogP contribution in [-0.4, -0.2) is 21.7 Å². The van der Waals surface area contributed by atoms with E-state index in [1.165, 1.54) is 30.5 Å². The first-order valence-electron chi connectivity index (χ1n) is 9.17. The van der Waals surface area contributed by atoms with Crippen LogP contribution in [-0.2, 0) is 12.0 Å². The highest BCUT2D eigenvalue weighted by Crippen LogP contribution is 2.36. The van der Waals surface area contributed by atoms with Crippen molar-refractivity contribution in [2.24, 2.45) is 10.7 Å². The van der Waals surface area contributed by atoms with Crippen molar-refractivity contribution in [3.05, 3.63) is 88.8 Å². The summed E-state index contributed by atoms with van der Waals surface area (Å²) in [4.78, 5) is 25.3. The first kappa shape index (κ1) is 19.2. The number of aliphatic imine (C=N–C) groups is 1. The fourth-order valence-corrected chi connectivity index (χ4v) is 3.46. The molecule has 0 radical (unpaired) electrons. The summed E-state index contributed by atoms with van der Waals surface area (Å²) in [6, 6.07) is 12.8. The number of pyridine rings is 2. The number of amides is 1. The van der Waals surface area contributed by atoms with Gasteiger partial charge in [0.15, 0.2) is 0 Å². The second kappa shape index (κ2) is 7.37. The van der Waals surface area contributed by atoms with Crippen molar-refractivity contribution in [3.63, 3.8) is 0 Å². The second-order valence-electron chi connectivity index (χ2n) is 7.14. The summed E-state index contributed by atoms with van der Waals surface area (Å²) in [5.74, 6) is -0.633. The lowest BCUT2D eigenvalue weighted by Gasteiger charge is -2.31. The molecule has 3 N–H and O–H groups in total. The standard InChI is InChI=1S/C22H17FN6O/c1-22(10-19-15(20(25)29-22)3-2-8-26-19)16-9-14(5-6-17(16)23)28-21(30)18-7-4-13(11-24)12-27-18/h2-9,12H,10H2,1H3,(H2,25,29)(H,28,30). The number of nitrogens with zero attached hydrogens (tertiary/aromatic N) is 4. The molecule has 1 aromatic carbocycles. The topological polar surface area (TPSA) is 117 Å². The van der Waals surface area contributed by atoms with Gasteiger partial charge in [0.25, 0.3) is 5.91 Å². The third-order valence-electron chi connectivity index (χ3n) is 4.97. The number of aromatic nitrogens is 2. The molecule has 0 fully saturated rings. The Hall–Kier alpha value is -4.12. The van der Waals surface area contributed by atoms with Gasteiger partial charge in [-0.2, -0.15) is 5.26 Å². The Balaban J connectivity index is 1.65. The minimum Gasteiger partial charge on any atom is -0.383 e. The maximum Gasteiger partial charge on any atom is 0.274 e. The molecule has 0 bridgehead atoms. The summed E-state index contributed by atoms with van der Waals surface area (Å²) < 4.78 is 14.8. The number of rotatable bonds is 3. The third-order valence-corrected chi connectivity index (χ3v) is 4.97. The smallest absolute Gasteiger partial charge is 0.274 e. The van der Waals surface area contributed by atoms with Crippen molar-refractivity contribution in [1.29, 1.82) is 5.26 Å². The molecule has 1 aliphatic heterocycles. The molecule has 0 saturated heterocycles. The molecule has 3 heterocycles. The molecule has 2 aromatic heterocycles. The van der Waals surface area contributed by atoms with Gasteiger partial charge in [-0.05, 0) is 49.4 Å². The number of amidine groups is 1. The third kappa shape index (κ3) is 3.49. The van der Waals surface area contributed by atoms with E-state index in [2.05, 4.69) is 20.3 Å². The number of hydrogen-bond donors (Lipinski definition) is 2. The molecule has 0 aliphatic carbocycles. The highest BCUT2D eigenvalue weighted by molar-refractivity contribution is 6.03. The quantitative estimate of drug-likeness (QED) is 0.701. The van der Waals surface area contributed by atoms with E-state index in [1.54, 1.807) is 25.3 Å². The molecule has 1 atom stereocenters. The molecule has 3 aromatic rings. The van der Waals surface area contributed by atoms with Crippen LogP contribution < -0.4 is 11.1 Å². The number of carbonyl (C=O) groups is 1. The number of nitrogens with two attached hydrogens (primary N) is 1. The van der Waals surface area contributed by atoms with Gasteiger partial charge in [-0.25, -0.2) is 9.37 Å². The average Bonchev–Trinajstić information content (AvgIpc) is 2.75. The highest BCUT2D eigenvalue weighted by Gasteiger charge is 2.35. The van der Waals surface area contributed by atoms with Crippen molar-refractivity contribution in [3.8, 4) is 6.07 Å². The molecule has 1 unspecified atom stereocenters. The summed E-state index contributed by atoms with van der Waals surface area (Å²) in [5.41, 5.74) is 7.81. The molecule has 4 rings (SSSR count). The van der Waals surface area contributed by atoms with Crippen molar-refractivity contribution in [2.75, 3.05) is 5.32 Å². The second-order valence-corrected chi connectivity index (χ2v) is 7.14. The lowest BCUT2D eigenvalue weighted by molar-refractivity contribution is 0.102. The Morgan fingerprint density at radius 2 is 2.10 bits per heavy atom. The molecular weight excluding hydrogens is 383 g/mol. The number of carbonyl (C=O) groups excluding carboxylic acids is 1. The van der Waals surface area contributed by atoms with Crippen LogP contribution in [0.5, 0.6) is 0 Å². The van der Waals surface area contributed by atoms with Crippen molar-refractivity contribution in [1.82, 2.24) is 9.97 Å². The van der Waals surface area contributed by atoms with E-state index >= 15 is 0 Å². The summed E-state index contributed by atoms with van der Waals surface area (Å²) in [6.07, 6.45) is 3.35. The van der Waals surface area contributed by atoms with Crippen LogP contribution in [0.25, 0.3) is 0 Å². The monoisotopic (exact) mass is 400 g/mol. The normalized spacial score (nSPS) is 17.4. The SMILES string of the molecule is CC1(c2cc(NC(=O)c3ccc(C#N)cn3)ccc2F)Cc2ncccc2C(N)=N1. The van der Waals surface area contributed by atoms with E-state index in [-0.39, 0.29) is 5.69 Å². The van der Waals surface area contributed by atoms with Crippen molar-refractivity contribution >= 4 is 17.4 Å². The number of benzene rings is 1. The van der Waals surface area contributed by atoms with E-state index in [0.717, 1.165) is 11.3 Å². The summed E-state index contributed by atoms with van der Waals surface area (Å²) >= 11 is 0. The number of hydrogen-bond acceptors (Lipinski definition) is 6. The van der Waals surface area contributed by atoms with E-state index in [9.17, 15) is 9.18 Å². The molecule has 7 nitrogen and oxygen atoms in total. The molecule has 8 heteroatoms. The predicted molar refractivity (Wildman–Crippen MR) is 109 cm³/mol. The Morgan fingerprint density at radius 1 is 1.27 bits per heavy atom. The first-order valence-corrected chi connectivity index (χ1v) is 9.17. The number of anilines is 1. The van der Waals surface area contributed by atoms with Crippen LogP contribution >= 0.6 is 0 Å². The van der Waals surface area contributed by atoms with E-state index in [0.29, 0.717) is 29.1 Å². The van der Waals surface area contributed by atoms with Gasteiger partial charge in [-0.3, -0.25) is 14.8 Å². The zero-order valence-electron chi connectivity index (χ0n) is 16.1. The van der Waals surface area contributed by atoms with Crippen LogP contribution in [0.2, 0.25) is 0 Å². The molecular formula is C22H17FN6O. The maximum atomic E-state index is 14.8. The molecule has 30 heavy (non-hydrogen) atoms.